The largest absolute Gasteiger partial charge is 0.508 e. The van der Waals surface area contributed by atoms with Crippen molar-refractivity contribution in [2.24, 2.45) is 17.1 Å². The van der Waals surface area contributed by atoms with Gasteiger partial charge in [0.15, 0.2) is 0 Å². The highest BCUT2D eigenvalue weighted by atomic mass is 16.3. The molecule has 1 atom stereocenters. The zero-order valence-electron chi connectivity index (χ0n) is 12.9. The zero-order chi connectivity index (χ0) is 15.5. The van der Waals surface area contributed by atoms with E-state index >= 15 is 0 Å². The lowest BCUT2D eigenvalue weighted by Gasteiger charge is -2.38. The van der Waals surface area contributed by atoms with Gasteiger partial charge in [0.25, 0.3) is 0 Å². The number of aromatic hydroxyl groups is 1. The third-order valence-corrected chi connectivity index (χ3v) is 4.82. The molecule has 2 rings (SSSR count). The molecule has 1 aromatic carbocycles. The first-order chi connectivity index (χ1) is 9.97. The number of rotatable bonds is 4. The van der Waals surface area contributed by atoms with E-state index in [4.69, 9.17) is 5.73 Å². The number of nitrogens with two attached hydrogens (primary N) is 1. The van der Waals surface area contributed by atoms with Crippen LogP contribution in [0.1, 0.15) is 51.1 Å². The van der Waals surface area contributed by atoms with Gasteiger partial charge in [-0.2, -0.15) is 0 Å². The van der Waals surface area contributed by atoms with Crippen LogP contribution in [0.15, 0.2) is 24.3 Å². The Morgan fingerprint density at radius 3 is 2.71 bits per heavy atom. The second kappa shape index (κ2) is 6.48. The number of hydrogen-bond acceptors (Lipinski definition) is 3. The molecule has 4 heteroatoms. The van der Waals surface area contributed by atoms with Gasteiger partial charge >= 0.3 is 0 Å². The van der Waals surface area contributed by atoms with Crippen molar-refractivity contribution >= 4 is 5.91 Å². The van der Waals surface area contributed by atoms with E-state index < -0.39 is 5.41 Å². The van der Waals surface area contributed by atoms with Gasteiger partial charge in [0.05, 0.1) is 11.5 Å². The monoisotopic (exact) mass is 290 g/mol. The minimum absolute atomic E-state index is 0.0488. The van der Waals surface area contributed by atoms with Crippen LogP contribution in [-0.4, -0.2) is 17.6 Å². The molecule has 1 aliphatic rings. The van der Waals surface area contributed by atoms with Crippen molar-refractivity contribution in [3.05, 3.63) is 29.8 Å². The molecule has 4 nitrogen and oxygen atoms in total. The van der Waals surface area contributed by atoms with Gasteiger partial charge in [-0.25, -0.2) is 0 Å². The Morgan fingerprint density at radius 1 is 1.48 bits per heavy atom. The van der Waals surface area contributed by atoms with E-state index in [1.54, 1.807) is 18.2 Å². The Kier molecular flexibility index (Phi) is 4.88. The maximum atomic E-state index is 12.7. The summed E-state index contributed by atoms with van der Waals surface area (Å²) in [6, 6.07) is 6.87. The fourth-order valence-corrected chi connectivity index (χ4v) is 3.07. The molecule has 0 bridgehead atoms. The Morgan fingerprint density at radius 2 is 2.14 bits per heavy atom. The van der Waals surface area contributed by atoms with Crippen LogP contribution in [0.25, 0.3) is 0 Å². The van der Waals surface area contributed by atoms with Crippen molar-refractivity contribution in [3.8, 4) is 5.75 Å². The van der Waals surface area contributed by atoms with Gasteiger partial charge in [-0.3, -0.25) is 4.79 Å². The lowest BCUT2D eigenvalue weighted by atomic mass is 9.70. The van der Waals surface area contributed by atoms with Gasteiger partial charge < -0.3 is 16.2 Å². The number of phenolic OH excluding ortho intramolecular Hbond substituents is 1. The van der Waals surface area contributed by atoms with Crippen molar-refractivity contribution in [2.45, 2.75) is 45.6 Å². The Labute approximate surface area is 126 Å². The third-order valence-electron chi connectivity index (χ3n) is 4.82. The van der Waals surface area contributed by atoms with Crippen molar-refractivity contribution in [1.82, 2.24) is 5.32 Å². The summed E-state index contributed by atoms with van der Waals surface area (Å²) in [5, 5.41) is 12.6. The maximum absolute atomic E-state index is 12.7. The number of phenols is 1. The highest BCUT2D eigenvalue weighted by Crippen LogP contribution is 2.38. The number of nitrogens with one attached hydrogen (secondary N) is 1. The average molecular weight is 290 g/mol. The lowest BCUT2D eigenvalue weighted by Crippen LogP contribution is -2.48. The smallest absolute Gasteiger partial charge is 0.227 e. The van der Waals surface area contributed by atoms with Crippen LogP contribution in [0, 0.1) is 11.3 Å². The van der Waals surface area contributed by atoms with Crippen LogP contribution < -0.4 is 11.1 Å². The van der Waals surface area contributed by atoms with E-state index in [1.807, 2.05) is 13.0 Å². The topological polar surface area (TPSA) is 75.4 Å². The van der Waals surface area contributed by atoms with E-state index in [0.29, 0.717) is 12.5 Å². The SMILES string of the molecule is CC1CCC(CN)(C(=O)NC(C)c2cccc(O)c2)CC1. The minimum atomic E-state index is -0.419. The van der Waals surface area contributed by atoms with E-state index in [0.717, 1.165) is 31.2 Å². The van der Waals surface area contributed by atoms with Gasteiger partial charge in [0, 0.05) is 6.54 Å². The average Bonchev–Trinajstić information content (AvgIpc) is 2.48. The molecule has 0 saturated heterocycles. The Balaban J connectivity index is 2.05. The van der Waals surface area contributed by atoms with E-state index in [-0.39, 0.29) is 17.7 Å². The summed E-state index contributed by atoms with van der Waals surface area (Å²) in [5.74, 6) is 0.947. The molecule has 0 heterocycles. The molecule has 0 aliphatic heterocycles. The number of benzene rings is 1. The van der Waals surface area contributed by atoms with Crippen LogP contribution >= 0.6 is 0 Å². The predicted molar refractivity (Wildman–Crippen MR) is 83.8 cm³/mol. The molecular weight excluding hydrogens is 264 g/mol. The third kappa shape index (κ3) is 3.56. The van der Waals surface area contributed by atoms with E-state index in [1.165, 1.54) is 0 Å². The predicted octanol–water partition coefficient (Wildman–Crippen LogP) is 2.72. The van der Waals surface area contributed by atoms with Crippen LogP contribution in [0.3, 0.4) is 0 Å². The van der Waals surface area contributed by atoms with Crippen LogP contribution in [0.4, 0.5) is 0 Å². The summed E-state index contributed by atoms with van der Waals surface area (Å²) in [4.78, 5) is 12.7. The summed E-state index contributed by atoms with van der Waals surface area (Å²) < 4.78 is 0. The number of hydrogen-bond donors (Lipinski definition) is 3. The fraction of sp³-hybridized carbons (Fsp3) is 0.588. The van der Waals surface area contributed by atoms with Crippen molar-refractivity contribution < 1.29 is 9.90 Å². The number of carbonyl (C=O) groups excluding carboxylic acids is 1. The highest BCUT2D eigenvalue weighted by Gasteiger charge is 2.40. The van der Waals surface area contributed by atoms with Crippen molar-refractivity contribution in [2.75, 3.05) is 6.54 Å². The summed E-state index contributed by atoms with van der Waals surface area (Å²) >= 11 is 0. The van der Waals surface area contributed by atoms with Crippen LogP contribution in [0.2, 0.25) is 0 Å². The normalized spacial score (nSPS) is 27.1. The molecule has 1 aliphatic carbocycles. The minimum Gasteiger partial charge on any atom is -0.508 e. The zero-order valence-corrected chi connectivity index (χ0v) is 12.9. The highest BCUT2D eigenvalue weighted by molar-refractivity contribution is 5.83. The molecule has 1 unspecified atom stereocenters. The Bertz CT molecular complexity index is 493. The second-order valence-electron chi connectivity index (χ2n) is 6.46. The first-order valence-corrected chi connectivity index (χ1v) is 7.77. The summed E-state index contributed by atoms with van der Waals surface area (Å²) in [6.45, 7) is 4.56. The molecule has 21 heavy (non-hydrogen) atoms. The van der Waals surface area contributed by atoms with E-state index in [2.05, 4.69) is 12.2 Å². The van der Waals surface area contributed by atoms with Gasteiger partial charge in [0.2, 0.25) is 5.91 Å². The molecule has 4 N–H and O–H groups in total. The first-order valence-electron chi connectivity index (χ1n) is 7.77. The van der Waals surface area contributed by atoms with Gasteiger partial charge in [-0.15, -0.1) is 0 Å². The van der Waals surface area contributed by atoms with Crippen molar-refractivity contribution in [3.63, 3.8) is 0 Å². The Hall–Kier alpha value is -1.55. The second-order valence-corrected chi connectivity index (χ2v) is 6.46. The quantitative estimate of drug-likeness (QED) is 0.798. The van der Waals surface area contributed by atoms with Gasteiger partial charge in [-0.1, -0.05) is 19.1 Å². The summed E-state index contributed by atoms with van der Waals surface area (Å²) in [7, 11) is 0. The maximum Gasteiger partial charge on any atom is 0.227 e. The van der Waals surface area contributed by atoms with Crippen molar-refractivity contribution in [1.29, 1.82) is 0 Å². The number of amides is 1. The molecule has 1 saturated carbocycles. The van der Waals surface area contributed by atoms with Crippen LogP contribution in [-0.2, 0) is 4.79 Å². The van der Waals surface area contributed by atoms with Gasteiger partial charge in [-0.05, 0) is 56.2 Å². The first kappa shape index (κ1) is 15.8. The molecule has 0 spiro atoms. The molecule has 116 valence electrons. The molecule has 1 fully saturated rings. The summed E-state index contributed by atoms with van der Waals surface area (Å²) in [5.41, 5.74) is 6.41. The molecule has 0 aromatic heterocycles. The number of carbonyl (C=O) groups is 1. The lowest BCUT2D eigenvalue weighted by molar-refractivity contribution is -0.133. The molecule has 1 aromatic rings. The molecular formula is C17H26N2O2. The van der Waals surface area contributed by atoms with Gasteiger partial charge in [0.1, 0.15) is 5.75 Å². The molecule has 1 amide bonds. The van der Waals surface area contributed by atoms with Crippen LogP contribution in [0.5, 0.6) is 5.75 Å². The van der Waals surface area contributed by atoms with E-state index in [9.17, 15) is 9.90 Å². The summed E-state index contributed by atoms with van der Waals surface area (Å²) in [6.07, 6.45) is 3.85. The fourth-order valence-electron chi connectivity index (χ4n) is 3.07. The molecule has 0 radical (unpaired) electrons. The standard InChI is InChI=1S/C17H26N2O2/c1-12-6-8-17(11-18,9-7-12)16(21)19-13(2)14-4-3-5-15(20)10-14/h3-5,10,12-13,20H,6-9,11,18H2,1-2H3,(H,19,21).